The molecule has 1 saturated heterocycles. The molecule has 4 heteroatoms. The predicted octanol–water partition coefficient (Wildman–Crippen LogP) is 2.68. The van der Waals surface area contributed by atoms with Crippen LogP contribution in [0, 0.1) is 12.8 Å². The van der Waals surface area contributed by atoms with Crippen LogP contribution in [-0.2, 0) is 0 Å². The van der Waals surface area contributed by atoms with Gasteiger partial charge in [0, 0.05) is 18.5 Å². The average Bonchev–Trinajstić information content (AvgIpc) is 2.83. The van der Waals surface area contributed by atoms with Gasteiger partial charge in [-0.2, -0.15) is 0 Å². The second kappa shape index (κ2) is 4.50. The van der Waals surface area contributed by atoms with E-state index in [-0.39, 0.29) is 11.9 Å². The molecule has 1 aromatic rings. The largest absolute Gasteiger partial charge is 0.469 e. The third-order valence-corrected chi connectivity index (χ3v) is 3.71. The third kappa shape index (κ3) is 1.84. The van der Waals surface area contributed by atoms with Gasteiger partial charge >= 0.3 is 0 Å². The zero-order valence-electron chi connectivity index (χ0n) is 9.57. The number of likely N-dealkylation sites (tertiary alicyclic amines) is 1. The zero-order valence-corrected chi connectivity index (χ0v) is 10.3. The highest BCUT2D eigenvalue weighted by Gasteiger charge is 2.34. The standard InChI is InChI=1S/C12H16ClNO2/c1-8-3-5-14(11(8)7-13)12(15)10-4-6-16-9(10)2/h4,6,8,11H,3,5,7H2,1-2H3. The first-order chi connectivity index (χ1) is 7.65. The SMILES string of the molecule is Cc1occc1C(=O)N1CCC(C)C1CCl. The number of aryl methyl sites for hydroxylation is 1. The Hall–Kier alpha value is -0.960. The van der Waals surface area contributed by atoms with E-state index < -0.39 is 0 Å². The van der Waals surface area contributed by atoms with Crippen molar-refractivity contribution < 1.29 is 9.21 Å². The van der Waals surface area contributed by atoms with Crippen LogP contribution in [0.2, 0.25) is 0 Å². The molecule has 0 N–H and O–H groups in total. The summed E-state index contributed by atoms with van der Waals surface area (Å²) in [4.78, 5) is 14.1. The summed E-state index contributed by atoms with van der Waals surface area (Å²) in [6.07, 6.45) is 2.58. The van der Waals surface area contributed by atoms with E-state index in [1.54, 1.807) is 12.3 Å². The molecule has 0 spiro atoms. The van der Waals surface area contributed by atoms with E-state index in [1.807, 2.05) is 11.8 Å². The molecule has 16 heavy (non-hydrogen) atoms. The Morgan fingerprint density at radius 1 is 1.69 bits per heavy atom. The molecule has 1 aliphatic heterocycles. The summed E-state index contributed by atoms with van der Waals surface area (Å²) in [7, 11) is 0. The topological polar surface area (TPSA) is 33.5 Å². The number of rotatable bonds is 2. The molecule has 0 saturated carbocycles. The van der Waals surface area contributed by atoms with Crippen LogP contribution in [0.15, 0.2) is 16.7 Å². The molecule has 0 radical (unpaired) electrons. The minimum absolute atomic E-state index is 0.0428. The number of halogens is 1. The first-order valence-corrected chi connectivity index (χ1v) is 6.09. The number of furan rings is 1. The van der Waals surface area contributed by atoms with E-state index in [2.05, 4.69) is 6.92 Å². The zero-order chi connectivity index (χ0) is 11.7. The number of nitrogens with zero attached hydrogens (tertiary/aromatic N) is 1. The summed E-state index contributed by atoms with van der Waals surface area (Å²) >= 11 is 5.93. The summed E-state index contributed by atoms with van der Waals surface area (Å²) in [6.45, 7) is 4.74. The lowest BCUT2D eigenvalue weighted by atomic mass is 10.0. The summed E-state index contributed by atoms with van der Waals surface area (Å²) in [5.41, 5.74) is 0.657. The number of alkyl halides is 1. The van der Waals surface area contributed by atoms with E-state index in [4.69, 9.17) is 16.0 Å². The first kappa shape index (κ1) is 11.5. The van der Waals surface area contributed by atoms with Crippen molar-refractivity contribution in [1.82, 2.24) is 4.90 Å². The summed E-state index contributed by atoms with van der Waals surface area (Å²) in [6, 6.07) is 1.88. The summed E-state index contributed by atoms with van der Waals surface area (Å²) in [5, 5.41) is 0. The van der Waals surface area contributed by atoms with E-state index in [0.717, 1.165) is 13.0 Å². The van der Waals surface area contributed by atoms with E-state index in [9.17, 15) is 4.79 Å². The predicted molar refractivity (Wildman–Crippen MR) is 62.8 cm³/mol. The number of hydrogen-bond donors (Lipinski definition) is 0. The number of carbonyl (C=O) groups excluding carboxylic acids is 1. The van der Waals surface area contributed by atoms with Crippen LogP contribution in [0.25, 0.3) is 0 Å². The van der Waals surface area contributed by atoms with Crippen molar-refractivity contribution in [2.45, 2.75) is 26.3 Å². The van der Waals surface area contributed by atoms with Gasteiger partial charge in [0.25, 0.3) is 5.91 Å². The quantitative estimate of drug-likeness (QED) is 0.746. The van der Waals surface area contributed by atoms with Crippen LogP contribution in [0.5, 0.6) is 0 Å². The van der Waals surface area contributed by atoms with Gasteiger partial charge in [-0.1, -0.05) is 6.92 Å². The Labute approximate surface area is 100 Å². The van der Waals surface area contributed by atoms with Crippen molar-refractivity contribution in [1.29, 1.82) is 0 Å². The Kier molecular flexibility index (Phi) is 3.24. The van der Waals surface area contributed by atoms with E-state index in [1.165, 1.54) is 0 Å². The Morgan fingerprint density at radius 2 is 2.44 bits per heavy atom. The molecule has 1 aliphatic rings. The van der Waals surface area contributed by atoms with Crippen LogP contribution in [0.4, 0.5) is 0 Å². The van der Waals surface area contributed by atoms with Crippen molar-refractivity contribution in [3.8, 4) is 0 Å². The molecular formula is C12H16ClNO2. The van der Waals surface area contributed by atoms with Crippen LogP contribution in [0.3, 0.4) is 0 Å². The van der Waals surface area contributed by atoms with Gasteiger partial charge in [0.15, 0.2) is 0 Å². The third-order valence-electron chi connectivity index (χ3n) is 3.39. The van der Waals surface area contributed by atoms with Crippen molar-refractivity contribution in [3.63, 3.8) is 0 Å². The molecule has 0 aromatic carbocycles. The Balaban J connectivity index is 2.20. The highest BCUT2D eigenvalue weighted by Crippen LogP contribution is 2.27. The normalized spacial score (nSPS) is 25.1. The second-order valence-electron chi connectivity index (χ2n) is 4.38. The van der Waals surface area contributed by atoms with Crippen molar-refractivity contribution >= 4 is 17.5 Å². The fourth-order valence-electron chi connectivity index (χ4n) is 2.26. The lowest BCUT2D eigenvalue weighted by Gasteiger charge is -2.24. The smallest absolute Gasteiger partial charge is 0.257 e. The lowest BCUT2D eigenvalue weighted by Crippen LogP contribution is -2.38. The molecule has 0 aliphatic carbocycles. The van der Waals surface area contributed by atoms with E-state index in [0.29, 0.717) is 23.1 Å². The molecule has 3 nitrogen and oxygen atoms in total. The van der Waals surface area contributed by atoms with Crippen molar-refractivity contribution in [2.75, 3.05) is 12.4 Å². The molecule has 88 valence electrons. The van der Waals surface area contributed by atoms with Gasteiger partial charge < -0.3 is 9.32 Å². The minimum Gasteiger partial charge on any atom is -0.469 e. The molecular weight excluding hydrogens is 226 g/mol. The summed E-state index contributed by atoms with van der Waals surface area (Å²) < 4.78 is 5.16. The maximum atomic E-state index is 12.3. The molecule has 2 unspecified atom stereocenters. The number of amides is 1. The van der Waals surface area contributed by atoms with Crippen LogP contribution >= 0.6 is 11.6 Å². The Bertz CT molecular complexity index is 388. The van der Waals surface area contributed by atoms with Crippen LogP contribution < -0.4 is 0 Å². The number of carbonyl (C=O) groups is 1. The minimum atomic E-state index is 0.0428. The van der Waals surface area contributed by atoms with E-state index >= 15 is 0 Å². The summed E-state index contributed by atoms with van der Waals surface area (Å²) in [5.74, 6) is 1.71. The van der Waals surface area contributed by atoms with Crippen molar-refractivity contribution in [3.05, 3.63) is 23.7 Å². The molecule has 1 fully saturated rings. The van der Waals surface area contributed by atoms with Gasteiger partial charge in [0.1, 0.15) is 5.76 Å². The highest BCUT2D eigenvalue weighted by molar-refractivity contribution is 6.18. The van der Waals surface area contributed by atoms with Gasteiger partial charge in [0.2, 0.25) is 0 Å². The molecule has 2 rings (SSSR count). The maximum Gasteiger partial charge on any atom is 0.257 e. The fraction of sp³-hybridized carbons (Fsp3) is 0.583. The molecule has 0 bridgehead atoms. The first-order valence-electron chi connectivity index (χ1n) is 5.56. The van der Waals surface area contributed by atoms with Gasteiger partial charge in [-0.25, -0.2) is 0 Å². The van der Waals surface area contributed by atoms with Gasteiger partial charge in [-0.05, 0) is 25.3 Å². The molecule has 1 aromatic heterocycles. The number of hydrogen-bond acceptors (Lipinski definition) is 2. The lowest BCUT2D eigenvalue weighted by molar-refractivity contribution is 0.0735. The molecule has 2 atom stereocenters. The maximum absolute atomic E-state index is 12.3. The van der Waals surface area contributed by atoms with Crippen LogP contribution in [-0.4, -0.2) is 29.3 Å². The van der Waals surface area contributed by atoms with Crippen LogP contribution in [0.1, 0.15) is 29.5 Å². The molecule has 1 amide bonds. The molecule has 2 heterocycles. The highest BCUT2D eigenvalue weighted by atomic mass is 35.5. The average molecular weight is 242 g/mol. The van der Waals surface area contributed by atoms with Gasteiger partial charge in [0.05, 0.1) is 11.8 Å². The Morgan fingerprint density at radius 3 is 3.00 bits per heavy atom. The van der Waals surface area contributed by atoms with Gasteiger partial charge in [-0.3, -0.25) is 4.79 Å². The fourth-order valence-corrected chi connectivity index (χ4v) is 2.73. The van der Waals surface area contributed by atoms with Crippen molar-refractivity contribution in [2.24, 2.45) is 5.92 Å². The monoisotopic (exact) mass is 241 g/mol. The van der Waals surface area contributed by atoms with Gasteiger partial charge in [-0.15, -0.1) is 11.6 Å². The second-order valence-corrected chi connectivity index (χ2v) is 4.69.